The van der Waals surface area contributed by atoms with Crippen LogP contribution in [-0.4, -0.2) is 34.4 Å². The quantitative estimate of drug-likeness (QED) is 0.505. The average Bonchev–Trinajstić information content (AvgIpc) is 2.43. The third-order valence-corrected chi connectivity index (χ3v) is 3.60. The number of piperidine rings is 1. The van der Waals surface area contributed by atoms with Crippen molar-refractivity contribution in [3.63, 3.8) is 0 Å². The van der Waals surface area contributed by atoms with Crippen LogP contribution in [0.5, 0.6) is 0 Å². The molecule has 1 aromatic heterocycles. The van der Waals surface area contributed by atoms with Crippen molar-refractivity contribution in [3.8, 4) is 0 Å². The topological polar surface area (TPSA) is 48.7 Å². The summed E-state index contributed by atoms with van der Waals surface area (Å²) in [6.45, 7) is 4.48. The van der Waals surface area contributed by atoms with Crippen molar-refractivity contribution in [2.75, 3.05) is 13.1 Å². The van der Waals surface area contributed by atoms with Gasteiger partial charge < -0.3 is 5.21 Å². The van der Waals surface area contributed by atoms with Crippen LogP contribution in [0.4, 0.5) is 0 Å². The van der Waals surface area contributed by atoms with Crippen molar-refractivity contribution in [3.05, 3.63) is 29.6 Å². The van der Waals surface area contributed by atoms with E-state index >= 15 is 0 Å². The van der Waals surface area contributed by atoms with E-state index in [1.807, 2.05) is 18.3 Å². The highest BCUT2D eigenvalue weighted by Crippen LogP contribution is 2.27. The molecular weight excluding hydrogens is 226 g/mol. The zero-order valence-corrected chi connectivity index (χ0v) is 10.9. The number of likely N-dealkylation sites (tertiary alicyclic amines) is 1. The maximum absolute atomic E-state index is 8.74. The molecule has 0 amide bonds. The molecule has 1 unspecified atom stereocenters. The van der Waals surface area contributed by atoms with Gasteiger partial charge in [0.25, 0.3) is 0 Å². The molecule has 1 aliphatic heterocycles. The number of oxime groups is 1. The van der Waals surface area contributed by atoms with Gasteiger partial charge in [-0.25, -0.2) is 0 Å². The zero-order valence-electron chi connectivity index (χ0n) is 10.9. The summed E-state index contributed by atoms with van der Waals surface area (Å²) in [6, 6.07) is 4.16. The monoisotopic (exact) mass is 247 g/mol. The first-order valence-corrected chi connectivity index (χ1v) is 6.73. The van der Waals surface area contributed by atoms with Gasteiger partial charge in [-0.2, -0.15) is 0 Å². The van der Waals surface area contributed by atoms with Crippen molar-refractivity contribution in [1.29, 1.82) is 0 Å². The Morgan fingerprint density at radius 1 is 1.44 bits per heavy atom. The molecule has 1 saturated heterocycles. The Balaban J connectivity index is 2.25. The molecule has 2 heterocycles. The first-order valence-electron chi connectivity index (χ1n) is 6.73. The normalized spacial score (nSPS) is 19.2. The molecule has 0 spiro atoms. The molecule has 0 saturated carbocycles. The van der Waals surface area contributed by atoms with Crippen LogP contribution in [-0.2, 0) is 0 Å². The van der Waals surface area contributed by atoms with E-state index < -0.39 is 0 Å². The van der Waals surface area contributed by atoms with E-state index in [1.165, 1.54) is 25.5 Å². The molecule has 0 aromatic carbocycles. The van der Waals surface area contributed by atoms with Gasteiger partial charge in [0.05, 0.1) is 18.0 Å². The molecule has 1 aliphatic rings. The highest BCUT2D eigenvalue weighted by Gasteiger charge is 2.23. The fourth-order valence-corrected chi connectivity index (χ4v) is 2.73. The molecule has 1 aromatic rings. The lowest BCUT2D eigenvalue weighted by Gasteiger charge is -2.34. The van der Waals surface area contributed by atoms with E-state index in [9.17, 15) is 0 Å². The second-order valence-electron chi connectivity index (χ2n) is 4.74. The van der Waals surface area contributed by atoms with Crippen LogP contribution >= 0.6 is 0 Å². The molecule has 1 fully saturated rings. The van der Waals surface area contributed by atoms with E-state index in [1.54, 1.807) is 0 Å². The highest BCUT2D eigenvalue weighted by molar-refractivity contribution is 5.80. The SMILES string of the molecule is CCC(c1ncccc1C=NO)N1CCCCC1. The van der Waals surface area contributed by atoms with Gasteiger partial charge in [-0.15, -0.1) is 0 Å². The summed E-state index contributed by atoms with van der Waals surface area (Å²) >= 11 is 0. The predicted molar refractivity (Wildman–Crippen MR) is 72.1 cm³/mol. The van der Waals surface area contributed by atoms with Gasteiger partial charge in [-0.3, -0.25) is 9.88 Å². The second-order valence-corrected chi connectivity index (χ2v) is 4.74. The fourth-order valence-electron chi connectivity index (χ4n) is 2.73. The van der Waals surface area contributed by atoms with Crippen LogP contribution in [0, 0.1) is 0 Å². The molecule has 4 nitrogen and oxygen atoms in total. The van der Waals surface area contributed by atoms with Crippen LogP contribution in [0.2, 0.25) is 0 Å². The lowest BCUT2D eigenvalue weighted by molar-refractivity contribution is 0.156. The van der Waals surface area contributed by atoms with E-state index in [-0.39, 0.29) is 0 Å². The molecule has 0 aliphatic carbocycles. The van der Waals surface area contributed by atoms with E-state index in [2.05, 4.69) is 22.0 Å². The van der Waals surface area contributed by atoms with Crippen molar-refractivity contribution in [2.45, 2.75) is 38.6 Å². The Labute approximate surface area is 108 Å². The molecule has 18 heavy (non-hydrogen) atoms. The molecule has 2 rings (SSSR count). The molecular formula is C14H21N3O. The lowest BCUT2D eigenvalue weighted by Crippen LogP contribution is -2.34. The van der Waals surface area contributed by atoms with Crippen LogP contribution in [0.25, 0.3) is 0 Å². The minimum absolute atomic E-state index is 0.333. The molecule has 0 bridgehead atoms. The third kappa shape index (κ3) is 2.88. The van der Waals surface area contributed by atoms with Crippen molar-refractivity contribution in [1.82, 2.24) is 9.88 Å². The molecule has 1 atom stereocenters. The smallest absolute Gasteiger partial charge is 0.0752 e. The van der Waals surface area contributed by atoms with Crippen LogP contribution < -0.4 is 0 Å². The van der Waals surface area contributed by atoms with Gasteiger partial charge in [0.15, 0.2) is 0 Å². The number of aromatic nitrogens is 1. The Morgan fingerprint density at radius 2 is 2.22 bits per heavy atom. The standard InChI is InChI=1S/C14H21N3O/c1-2-13(17-9-4-3-5-10-17)14-12(11-16-18)7-6-8-15-14/h6-8,11,13,18H,2-5,9-10H2,1H3. The van der Waals surface area contributed by atoms with Crippen LogP contribution in [0.15, 0.2) is 23.5 Å². The lowest BCUT2D eigenvalue weighted by atomic mass is 10.0. The van der Waals surface area contributed by atoms with Gasteiger partial charge in [-0.1, -0.05) is 18.5 Å². The average molecular weight is 247 g/mol. The van der Waals surface area contributed by atoms with Crippen LogP contribution in [0.1, 0.15) is 49.9 Å². The summed E-state index contributed by atoms with van der Waals surface area (Å²) in [5.41, 5.74) is 1.94. The largest absolute Gasteiger partial charge is 0.411 e. The molecule has 98 valence electrons. The first kappa shape index (κ1) is 13.0. The summed E-state index contributed by atoms with van der Waals surface area (Å²) < 4.78 is 0. The first-order chi connectivity index (χ1) is 8.86. The van der Waals surface area contributed by atoms with E-state index in [4.69, 9.17) is 5.21 Å². The predicted octanol–water partition coefficient (Wildman–Crippen LogP) is 2.83. The van der Waals surface area contributed by atoms with Gasteiger partial charge in [0, 0.05) is 11.8 Å². The maximum atomic E-state index is 8.74. The maximum Gasteiger partial charge on any atom is 0.0752 e. The Hall–Kier alpha value is -1.42. The number of hydrogen-bond acceptors (Lipinski definition) is 4. The summed E-state index contributed by atoms with van der Waals surface area (Å²) in [5, 5.41) is 11.9. The van der Waals surface area contributed by atoms with Gasteiger partial charge in [0.1, 0.15) is 0 Å². The zero-order chi connectivity index (χ0) is 12.8. The minimum atomic E-state index is 0.333. The third-order valence-electron chi connectivity index (χ3n) is 3.60. The number of nitrogens with zero attached hydrogens (tertiary/aromatic N) is 3. The Morgan fingerprint density at radius 3 is 2.89 bits per heavy atom. The fraction of sp³-hybridized carbons (Fsp3) is 0.571. The highest BCUT2D eigenvalue weighted by atomic mass is 16.4. The van der Waals surface area contributed by atoms with E-state index in [0.717, 1.165) is 30.8 Å². The van der Waals surface area contributed by atoms with Gasteiger partial charge in [0.2, 0.25) is 0 Å². The van der Waals surface area contributed by atoms with Crippen molar-refractivity contribution in [2.24, 2.45) is 5.16 Å². The van der Waals surface area contributed by atoms with Gasteiger partial charge >= 0.3 is 0 Å². The Kier molecular flexibility index (Phi) is 4.70. The number of rotatable bonds is 4. The van der Waals surface area contributed by atoms with Gasteiger partial charge in [-0.05, 0) is 44.5 Å². The minimum Gasteiger partial charge on any atom is -0.411 e. The van der Waals surface area contributed by atoms with Crippen molar-refractivity contribution < 1.29 is 5.21 Å². The molecule has 4 heteroatoms. The number of hydrogen-bond donors (Lipinski definition) is 1. The van der Waals surface area contributed by atoms with Crippen molar-refractivity contribution >= 4 is 6.21 Å². The molecule has 1 N–H and O–H groups in total. The summed E-state index contributed by atoms with van der Waals surface area (Å²) in [4.78, 5) is 7.00. The Bertz CT molecular complexity index is 400. The molecule has 0 radical (unpaired) electrons. The second kappa shape index (κ2) is 6.50. The summed E-state index contributed by atoms with van der Waals surface area (Å²) in [5.74, 6) is 0. The summed E-state index contributed by atoms with van der Waals surface area (Å²) in [7, 11) is 0. The van der Waals surface area contributed by atoms with Crippen LogP contribution in [0.3, 0.4) is 0 Å². The summed E-state index contributed by atoms with van der Waals surface area (Å²) in [6.07, 6.45) is 8.20. The van der Waals surface area contributed by atoms with E-state index in [0.29, 0.717) is 6.04 Å². The number of pyridine rings is 1.